The molecule has 1 aliphatic rings. The van der Waals surface area contributed by atoms with E-state index in [9.17, 15) is 14.4 Å². The largest absolute Gasteiger partial charge is 0.493 e. The van der Waals surface area contributed by atoms with E-state index in [1.54, 1.807) is 30.3 Å². The average molecular weight is 471 g/mol. The van der Waals surface area contributed by atoms with Gasteiger partial charge in [-0.2, -0.15) is 0 Å². The lowest BCUT2D eigenvalue weighted by molar-refractivity contribution is 0.0924. The van der Waals surface area contributed by atoms with Gasteiger partial charge in [0.05, 0.1) is 41.1 Å². The molecule has 3 amide bonds. The molecule has 0 radical (unpaired) electrons. The molecule has 32 heavy (non-hydrogen) atoms. The average Bonchev–Trinajstić information content (AvgIpc) is 3.03. The highest BCUT2D eigenvalue weighted by atomic mass is 35.5. The third-order valence-electron chi connectivity index (χ3n) is 4.94. The number of nitrogens with one attached hydrogen (secondary N) is 1. The predicted molar refractivity (Wildman–Crippen MR) is 122 cm³/mol. The van der Waals surface area contributed by atoms with Crippen molar-refractivity contribution in [3.63, 3.8) is 0 Å². The Morgan fingerprint density at radius 1 is 0.875 bits per heavy atom. The van der Waals surface area contributed by atoms with E-state index >= 15 is 0 Å². The Bertz CT molecular complexity index is 1240. The van der Waals surface area contributed by atoms with Gasteiger partial charge >= 0.3 is 0 Å². The van der Waals surface area contributed by atoms with Crippen molar-refractivity contribution in [3.8, 4) is 11.5 Å². The Hall–Kier alpha value is -3.55. The molecule has 0 spiro atoms. The Kier molecular flexibility index (Phi) is 5.78. The van der Waals surface area contributed by atoms with Gasteiger partial charge in [-0.3, -0.25) is 14.4 Å². The molecule has 3 aromatic carbocycles. The first-order valence-electron chi connectivity index (χ1n) is 9.36. The minimum atomic E-state index is -0.461. The fourth-order valence-corrected chi connectivity index (χ4v) is 3.98. The van der Waals surface area contributed by atoms with E-state index in [0.29, 0.717) is 28.3 Å². The van der Waals surface area contributed by atoms with E-state index in [1.807, 2.05) is 0 Å². The molecule has 1 heterocycles. The van der Waals surface area contributed by atoms with Crippen LogP contribution in [0.5, 0.6) is 11.5 Å². The van der Waals surface area contributed by atoms with E-state index < -0.39 is 17.7 Å². The number of halogens is 2. The van der Waals surface area contributed by atoms with Crippen LogP contribution in [0.25, 0.3) is 0 Å². The van der Waals surface area contributed by atoms with Gasteiger partial charge in [0.25, 0.3) is 17.7 Å². The molecule has 0 aromatic heterocycles. The molecular formula is C23H16Cl2N2O5. The molecule has 0 atom stereocenters. The van der Waals surface area contributed by atoms with Crippen LogP contribution < -0.4 is 19.7 Å². The lowest BCUT2D eigenvalue weighted by Gasteiger charge is -2.17. The highest BCUT2D eigenvalue weighted by Gasteiger charge is 2.37. The van der Waals surface area contributed by atoms with Gasteiger partial charge in [-0.25, -0.2) is 4.90 Å². The first-order valence-corrected chi connectivity index (χ1v) is 10.1. The second-order valence-corrected chi connectivity index (χ2v) is 7.62. The van der Waals surface area contributed by atoms with Crippen molar-refractivity contribution in [3.05, 3.63) is 81.3 Å². The van der Waals surface area contributed by atoms with Gasteiger partial charge in [0.1, 0.15) is 0 Å². The van der Waals surface area contributed by atoms with Crippen LogP contribution in [0.1, 0.15) is 31.1 Å². The van der Waals surface area contributed by atoms with Gasteiger partial charge in [-0.1, -0.05) is 35.3 Å². The predicted octanol–water partition coefficient (Wildman–Crippen LogP) is 5.06. The highest BCUT2D eigenvalue weighted by molar-refractivity contribution is 6.40. The summed E-state index contributed by atoms with van der Waals surface area (Å²) in [6.45, 7) is 0. The van der Waals surface area contributed by atoms with Crippen molar-refractivity contribution in [1.29, 1.82) is 0 Å². The number of imide groups is 1. The van der Waals surface area contributed by atoms with Gasteiger partial charge < -0.3 is 14.8 Å². The zero-order chi connectivity index (χ0) is 23.0. The number of nitrogens with zero attached hydrogens (tertiary/aromatic N) is 1. The van der Waals surface area contributed by atoms with Gasteiger partial charge in [0.15, 0.2) is 11.5 Å². The van der Waals surface area contributed by atoms with Crippen molar-refractivity contribution in [2.24, 2.45) is 0 Å². The third-order valence-corrected chi connectivity index (χ3v) is 5.52. The SMILES string of the molecule is COc1cc(C(=O)Nc2ccc(N3C(=O)c4ccccc4C3=O)c(Cl)c2)cc(Cl)c1OC. The van der Waals surface area contributed by atoms with Crippen LogP contribution in [0, 0.1) is 0 Å². The number of carbonyl (C=O) groups is 3. The number of benzene rings is 3. The Morgan fingerprint density at radius 2 is 1.53 bits per heavy atom. The molecule has 0 saturated heterocycles. The van der Waals surface area contributed by atoms with Crippen LogP contribution in [0.15, 0.2) is 54.6 Å². The topological polar surface area (TPSA) is 84.9 Å². The Labute approximate surface area is 193 Å². The fraction of sp³-hybridized carbons (Fsp3) is 0.0870. The first kappa shape index (κ1) is 21.7. The zero-order valence-corrected chi connectivity index (χ0v) is 18.5. The van der Waals surface area contributed by atoms with E-state index in [-0.39, 0.29) is 21.3 Å². The molecule has 0 fully saturated rings. The third kappa shape index (κ3) is 3.66. The van der Waals surface area contributed by atoms with Gasteiger partial charge in [-0.05, 0) is 42.5 Å². The smallest absolute Gasteiger partial charge is 0.266 e. The minimum Gasteiger partial charge on any atom is -0.493 e. The summed E-state index contributed by atoms with van der Waals surface area (Å²) in [5.74, 6) is -0.742. The van der Waals surface area contributed by atoms with Crippen LogP contribution in [0.4, 0.5) is 11.4 Å². The fourth-order valence-electron chi connectivity index (χ4n) is 3.43. The number of rotatable bonds is 5. The van der Waals surface area contributed by atoms with Crippen molar-refractivity contribution < 1.29 is 23.9 Å². The molecule has 9 heteroatoms. The van der Waals surface area contributed by atoms with E-state index in [2.05, 4.69) is 5.32 Å². The molecule has 1 aliphatic heterocycles. The number of anilines is 2. The second-order valence-electron chi connectivity index (χ2n) is 6.81. The number of fused-ring (bicyclic) bond motifs is 1. The Balaban J connectivity index is 1.59. The normalized spacial score (nSPS) is 12.6. The van der Waals surface area contributed by atoms with E-state index in [1.165, 1.54) is 38.5 Å². The summed E-state index contributed by atoms with van der Waals surface area (Å²) in [7, 11) is 2.88. The molecule has 4 rings (SSSR count). The zero-order valence-electron chi connectivity index (χ0n) is 16.9. The number of hydrogen-bond acceptors (Lipinski definition) is 5. The number of hydrogen-bond donors (Lipinski definition) is 1. The second kappa shape index (κ2) is 8.53. The first-order chi connectivity index (χ1) is 15.3. The molecule has 1 N–H and O–H groups in total. The van der Waals surface area contributed by atoms with Crippen LogP contribution >= 0.6 is 23.2 Å². The van der Waals surface area contributed by atoms with Gasteiger partial charge in [0.2, 0.25) is 0 Å². The molecule has 7 nitrogen and oxygen atoms in total. The number of methoxy groups -OCH3 is 2. The maximum atomic E-state index is 12.7. The van der Waals surface area contributed by atoms with Gasteiger partial charge in [-0.15, -0.1) is 0 Å². The van der Waals surface area contributed by atoms with Crippen molar-refractivity contribution in [1.82, 2.24) is 0 Å². The quantitative estimate of drug-likeness (QED) is 0.526. The molecule has 0 unspecified atom stereocenters. The molecule has 0 bridgehead atoms. The summed E-state index contributed by atoms with van der Waals surface area (Å²) in [6.07, 6.45) is 0. The summed E-state index contributed by atoms with van der Waals surface area (Å²) in [4.78, 5) is 39.1. The number of amides is 3. The lowest BCUT2D eigenvalue weighted by Crippen LogP contribution is -2.29. The maximum absolute atomic E-state index is 12.7. The van der Waals surface area contributed by atoms with E-state index in [4.69, 9.17) is 32.7 Å². The standard InChI is InChI=1S/C23H16Cl2N2O5/c1-31-19-10-12(9-17(25)20(19)32-2)21(28)26-13-7-8-18(16(24)11-13)27-22(29)14-5-3-4-6-15(14)23(27)30/h3-11H,1-2H3,(H,26,28). The summed E-state index contributed by atoms with van der Waals surface area (Å²) < 4.78 is 10.4. The van der Waals surface area contributed by atoms with E-state index in [0.717, 1.165) is 4.90 Å². The molecule has 0 saturated carbocycles. The summed E-state index contributed by atoms with van der Waals surface area (Å²) in [5, 5.41) is 3.05. The monoisotopic (exact) mass is 470 g/mol. The minimum absolute atomic E-state index is 0.127. The van der Waals surface area contributed by atoms with Crippen LogP contribution in [-0.2, 0) is 0 Å². The van der Waals surface area contributed by atoms with Crippen LogP contribution in [0.2, 0.25) is 10.0 Å². The molecule has 162 valence electrons. The molecular weight excluding hydrogens is 455 g/mol. The summed E-state index contributed by atoms with van der Waals surface area (Å²) in [6, 6.07) is 14.0. The summed E-state index contributed by atoms with van der Waals surface area (Å²) in [5.41, 5.74) is 1.47. The summed E-state index contributed by atoms with van der Waals surface area (Å²) >= 11 is 12.5. The van der Waals surface area contributed by atoms with Crippen molar-refractivity contribution in [2.75, 3.05) is 24.4 Å². The van der Waals surface area contributed by atoms with Crippen molar-refractivity contribution in [2.45, 2.75) is 0 Å². The van der Waals surface area contributed by atoms with Crippen LogP contribution in [-0.4, -0.2) is 31.9 Å². The molecule has 3 aromatic rings. The Morgan fingerprint density at radius 3 is 2.09 bits per heavy atom. The van der Waals surface area contributed by atoms with Gasteiger partial charge in [0, 0.05) is 11.3 Å². The van der Waals surface area contributed by atoms with Crippen LogP contribution in [0.3, 0.4) is 0 Å². The van der Waals surface area contributed by atoms with Crippen molar-refractivity contribution >= 4 is 52.3 Å². The highest BCUT2D eigenvalue weighted by Crippen LogP contribution is 2.37. The molecule has 0 aliphatic carbocycles. The number of carbonyl (C=O) groups excluding carboxylic acids is 3. The lowest BCUT2D eigenvalue weighted by atomic mass is 10.1. The maximum Gasteiger partial charge on any atom is 0.266 e. The number of ether oxygens (including phenoxy) is 2.